The van der Waals surface area contributed by atoms with Crippen LogP contribution in [-0.4, -0.2) is 20.0 Å². The van der Waals surface area contributed by atoms with Crippen LogP contribution in [-0.2, 0) is 13.1 Å². The zero-order valence-corrected chi connectivity index (χ0v) is 14.0. The maximum Gasteiger partial charge on any atom is 0.231 e. The number of ether oxygens (including phenoxy) is 4. The van der Waals surface area contributed by atoms with Gasteiger partial charge in [-0.05, 0) is 51.3 Å². The molecule has 2 aromatic carbocycles. The van der Waals surface area contributed by atoms with Gasteiger partial charge in [-0.2, -0.15) is 0 Å². The second-order valence-electron chi connectivity index (χ2n) is 5.39. The first kappa shape index (κ1) is 14.7. The number of hydrogen-bond donors (Lipinski definition) is 1. The van der Waals surface area contributed by atoms with Crippen LogP contribution in [0.15, 0.2) is 34.8 Å². The molecule has 120 valence electrons. The molecule has 0 aliphatic carbocycles. The Hall–Kier alpha value is -1.92. The molecule has 23 heavy (non-hydrogen) atoms. The van der Waals surface area contributed by atoms with E-state index in [0.29, 0.717) is 13.2 Å². The Balaban J connectivity index is 1.39. The summed E-state index contributed by atoms with van der Waals surface area (Å²) in [5.74, 6) is 3.21. The molecule has 0 saturated heterocycles. The summed E-state index contributed by atoms with van der Waals surface area (Å²) in [6, 6.07) is 10.1. The summed E-state index contributed by atoms with van der Waals surface area (Å²) in [6.07, 6.45) is 0. The second-order valence-corrected chi connectivity index (χ2v) is 6.25. The summed E-state index contributed by atoms with van der Waals surface area (Å²) in [5.41, 5.74) is 2.30. The lowest BCUT2D eigenvalue weighted by Crippen LogP contribution is -2.16. The van der Waals surface area contributed by atoms with Crippen molar-refractivity contribution >= 4 is 15.9 Å². The Kier molecular flexibility index (Phi) is 4.01. The number of rotatable bonds is 4. The standard InChI is InChI=1S/C17H16BrNO4/c18-13-5-12(7-16-17(13)23-10-22-16)9-19-8-11-1-2-14-15(6-11)21-4-3-20-14/h1-2,5-7,19H,3-4,8-10H2. The Labute approximate surface area is 142 Å². The third kappa shape index (κ3) is 3.09. The maximum atomic E-state index is 5.61. The number of nitrogens with one attached hydrogen (secondary N) is 1. The fraction of sp³-hybridized carbons (Fsp3) is 0.294. The number of hydrogen-bond acceptors (Lipinski definition) is 5. The van der Waals surface area contributed by atoms with Crippen LogP contribution in [0.25, 0.3) is 0 Å². The average Bonchev–Trinajstić information content (AvgIpc) is 3.04. The first-order chi connectivity index (χ1) is 11.3. The molecule has 0 radical (unpaired) electrons. The highest BCUT2D eigenvalue weighted by Crippen LogP contribution is 2.40. The van der Waals surface area contributed by atoms with E-state index < -0.39 is 0 Å². The van der Waals surface area contributed by atoms with Gasteiger partial charge >= 0.3 is 0 Å². The van der Waals surface area contributed by atoms with Gasteiger partial charge in [0.1, 0.15) is 13.2 Å². The highest BCUT2D eigenvalue weighted by atomic mass is 79.9. The van der Waals surface area contributed by atoms with E-state index in [-0.39, 0.29) is 6.79 Å². The second kappa shape index (κ2) is 6.29. The van der Waals surface area contributed by atoms with Crippen LogP contribution in [0.4, 0.5) is 0 Å². The molecule has 0 spiro atoms. The smallest absolute Gasteiger partial charge is 0.231 e. The molecule has 0 saturated carbocycles. The van der Waals surface area contributed by atoms with Crippen molar-refractivity contribution in [2.75, 3.05) is 20.0 Å². The van der Waals surface area contributed by atoms with Gasteiger partial charge < -0.3 is 24.3 Å². The van der Waals surface area contributed by atoms with Gasteiger partial charge in [0.05, 0.1) is 4.47 Å². The van der Waals surface area contributed by atoms with E-state index in [1.165, 1.54) is 0 Å². The molecule has 4 rings (SSSR count). The molecule has 0 bridgehead atoms. The molecule has 0 atom stereocenters. The van der Waals surface area contributed by atoms with Crippen LogP contribution in [0.1, 0.15) is 11.1 Å². The van der Waals surface area contributed by atoms with E-state index in [4.69, 9.17) is 18.9 Å². The number of halogens is 1. The zero-order chi connectivity index (χ0) is 15.6. The van der Waals surface area contributed by atoms with Crippen molar-refractivity contribution in [1.82, 2.24) is 5.32 Å². The third-order valence-electron chi connectivity index (χ3n) is 3.75. The van der Waals surface area contributed by atoms with E-state index in [9.17, 15) is 0 Å². The van der Waals surface area contributed by atoms with Crippen LogP contribution in [0, 0.1) is 0 Å². The summed E-state index contributed by atoms with van der Waals surface area (Å²) in [4.78, 5) is 0. The van der Waals surface area contributed by atoms with Gasteiger partial charge in [-0.1, -0.05) is 6.07 Å². The zero-order valence-electron chi connectivity index (χ0n) is 12.4. The number of fused-ring (bicyclic) bond motifs is 2. The lowest BCUT2D eigenvalue weighted by atomic mass is 10.1. The van der Waals surface area contributed by atoms with Crippen molar-refractivity contribution in [2.45, 2.75) is 13.1 Å². The van der Waals surface area contributed by atoms with E-state index >= 15 is 0 Å². The number of benzene rings is 2. The van der Waals surface area contributed by atoms with Crippen molar-refractivity contribution < 1.29 is 18.9 Å². The molecule has 5 nitrogen and oxygen atoms in total. The third-order valence-corrected chi connectivity index (χ3v) is 4.34. The predicted molar refractivity (Wildman–Crippen MR) is 88.2 cm³/mol. The molecule has 0 amide bonds. The minimum absolute atomic E-state index is 0.280. The molecule has 2 aromatic rings. The van der Waals surface area contributed by atoms with E-state index in [0.717, 1.165) is 51.7 Å². The van der Waals surface area contributed by atoms with Gasteiger partial charge in [-0.25, -0.2) is 0 Å². The monoisotopic (exact) mass is 377 g/mol. The fourth-order valence-corrected chi connectivity index (χ4v) is 3.28. The summed E-state index contributed by atoms with van der Waals surface area (Å²) in [5, 5.41) is 3.43. The summed E-state index contributed by atoms with van der Waals surface area (Å²) in [6.45, 7) is 2.99. The normalized spacial score (nSPS) is 14.8. The van der Waals surface area contributed by atoms with Crippen molar-refractivity contribution in [1.29, 1.82) is 0 Å². The Morgan fingerprint density at radius 1 is 0.826 bits per heavy atom. The van der Waals surface area contributed by atoms with Crippen LogP contribution < -0.4 is 24.3 Å². The van der Waals surface area contributed by atoms with E-state index in [1.54, 1.807) is 0 Å². The molecule has 0 aromatic heterocycles. The topological polar surface area (TPSA) is 49.0 Å². The molecule has 1 N–H and O–H groups in total. The first-order valence-electron chi connectivity index (χ1n) is 7.47. The van der Waals surface area contributed by atoms with E-state index in [1.807, 2.05) is 24.3 Å². The minimum Gasteiger partial charge on any atom is -0.486 e. The molecular formula is C17H16BrNO4. The molecule has 2 aliphatic rings. The van der Waals surface area contributed by atoms with Gasteiger partial charge in [-0.3, -0.25) is 0 Å². The van der Waals surface area contributed by atoms with Gasteiger partial charge in [0.25, 0.3) is 0 Å². The van der Waals surface area contributed by atoms with Crippen LogP contribution in [0.2, 0.25) is 0 Å². The SMILES string of the molecule is Brc1cc(CNCc2ccc3c(c2)OCCO3)cc2c1OCO2. The summed E-state index contributed by atoms with van der Waals surface area (Å²) >= 11 is 3.51. The molecule has 2 aliphatic heterocycles. The molecule has 2 heterocycles. The molecule has 0 unspecified atom stereocenters. The quantitative estimate of drug-likeness (QED) is 0.886. The van der Waals surface area contributed by atoms with Crippen LogP contribution >= 0.6 is 15.9 Å². The minimum atomic E-state index is 0.280. The largest absolute Gasteiger partial charge is 0.486 e. The van der Waals surface area contributed by atoms with E-state index in [2.05, 4.69) is 27.3 Å². The van der Waals surface area contributed by atoms with Crippen molar-refractivity contribution in [2.24, 2.45) is 0 Å². The first-order valence-corrected chi connectivity index (χ1v) is 8.26. The van der Waals surface area contributed by atoms with Crippen molar-refractivity contribution in [3.05, 3.63) is 45.9 Å². The fourth-order valence-electron chi connectivity index (χ4n) is 2.67. The molecular weight excluding hydrogens is 362 g/mol. The molecule has 6 heteroatoms. The van der Waals surface area contributed by atoms with Gasteiger partial charge in [-0.15, -0.1) is 0 Å². The average molecular weight is 378 g/mol. The Bertz CT molecular complexity index is 735. The van der Waals surface area contributed by atoms with Gasteiger partial charge in [0.2, 0.25) is 6.79 Å². The van der Waals surface area contributed by atoms with Crippen molar-refractivity contribution in [3.8, 4) is 23.0 Å². The summed E-state index contributed by atoms with van der Waals surface area (Å²) in [7, 11) is 0. The molecule has 0 fully saturated rings. The highest BCUT2D eigenvalue weighted by Gasteiger charge is 2.17. The van der Waals surface area contributed by atoms with Gasteiger partial charge in [0.15, 0.2) is 23.0 Å². The Morgan fingerprint density at radius 2 is 1.61 bits per heavy atom. The Morgan fingerprint density at radius 3 is 2.52 bits per heavy atom. The lowest BCUT2D eigenvalue weighted by molar-refractivity contribution is 0.171. The van der Waals surface area contributed by atoms with Crippen LogP contribution in [0.3, 0.4) is 0 Å². The van der Waals surface area contributed by atoms with Gasteiger partial charge in [0, 0.05) is 13.1 Å². The summed E-state index contributed by atoms with van der Waals surface area (Å²) < 4.78 is 22.9. The lowest BCUT2D eigenvalue weighted by Gasteiger charge is -2.19. The van der Waals surface area contributed by atoms with Crippen LogP contribution in [0.5, 0.6) is 23.0 Å². The maximum absolute atomic E-state index is 5.61. The highest BCUT2D eigenvalue weighted by molar-refractivity contribution is 9.10. The predicted octanol–water partition coefficient (Wildman–Crippen LogP) is 3.24. The van der Waals surface area contributed by atoms with Crippen molar-refractivity contribution in [3.63, 3.8) is 0 Å².